The third-order valence-corrected chi connectivity index (χ3v) is 8.54. The summed E-state index contributed by atoms with van der Waals surface area (Å²) >= 11 is 7.22. The van der Waals surface area contributed by atoms with Crippen LogP contribution >= 0.6 is 23.4 Å². The van der Waals surface area contributed by atoms with Gasteiger partial charge in [0.05, 0.1) is 17.5 Å². The second-order valence-corrected chi connectivity index (χ2v) is 11.2. The minimum absolute atomic E-state index is 0.0883. The van der Waals surface area contributed by atoms with E-state index in [-0.39, 0.29) is 29.4 Å². The van der Waals surface area contributed by atoms with E-state index >= 15 is 0 Å². The van der Waals surface area contributed by atoms with Crippen LogP contribution in [0.3, 0.4) is 0 Å². The Labute approximate surface area is 185 Å². The Balaban J connectivity index is 1.50. The lowest BCUT2D eigenvalue weighted by Crippen LogP contribution is -2.37. The molecular formula is C21H21ClN2O4S2. The lowest BCUT2D eigenvalue weighted by atomic mass is 10.1. The van der Waals surface area contributed by atoms with Crippen LogP contribution in [0.1, 0.15) is 11.1 Å². The minimum Gasteiger partial charge on any atom is -0.484 e. The van der Waals surface area contributed by atoms with Gasteiger partial charge in [-0.3, -0.25) is 4.79 Å². The number of ether oxygens (including phenoxy) is 1. The third kappa shape index (κ3) is 4.99. The molecule has 2 heterocycles. The Morgan fingerprint density at radius 2 is 1.87 bits per heavy atom. The van der Waals surface area contributed by atoms with Crippen molar-refractivity contribution < 1.29 is 17.9 Å². The molecule has 2 aliphatic rings. The average molecular weight is 465 g/mol. The summed E-state index contributed by atoms with van der Waals surface area (Å²) in [7, 11) is -3.08. The molecule has 1 amide bonds. The first-order valence-corrected chi connectivity index (χ1v) is 12.6. The van der Waals surface area contributed by atoms with Gasteiger partial charge in [0.2, 0.25) is 0 Å². The Morgan fingerprint density at radius 3 is 2.57 bits per heavy atom. The molecule has 0 N–H and O–H groups in total. The molecule has 9 heteroatoms. The molecule has 0 aromatic heterocycles. The Kier molecular flexibility index (Phi) is 6.09. The fourth-order valence-electron chi connectivity index (χ4n) is 3.53. The number of aliphatic imine (C=N–C) groups is 1. The summed E-state index contributed by atoms with van der Waals surface area (Å²) in [5.41, 5.74) is 2.20. The molecule has 4 rings (SSSR count). The van der Waals surface area contributed by atoms with Crippen molar-refractivity contribution in [3.8, 4) is 5.75 Å². The molecule has 2 saturated heterocycles. The number of carbonyl (C=O) groups excluding carboxylic acids is 1. The molecule has 0 radical (unpaired) electrons. The number of carbonyl (C=O) groups is 1. The van der Waals surface area contributed by atoms with Gasteiger partial charge in [-0.25, -0.2) is 8.42 Å². The maximum Gasteiger partial charge on any atom is 0.285 e. The zero-order valence-corrected chi connectivity index (χ0v) is 18.7. The largest absolute Gasteiger partial charge is 0.484 e. The van der Waals surface area contributed by atoms with Gasteiger partial charge in [-0.15, -0.1) is 0 Å². The van der Waals surface area contributed by atoms with Crippen LogP contribution in [0.5, 0.6) is 5.75 Å². The number of aryl methyl sites for hydroxylation is 1. The first kappa shape index (κ1) is 21.2. The van der Waals surface area contributed by atoms with Crippen molar-refractivity contribution in [2.24, 2.45) is 4.99 Å². The molecule has 2 atom stereocenters. The number of amides is 1. The van der Waals surface area contributed by atoms with Gasteiger partial charge in [-0.2, -0.15) is 4.99 Å². The van der Waals surface area contributed by atoms with Gasteiger partial charge in [0.1, 0.15) is 5.75 Å². The summed E-state index contributed by atoms with van der Waals surface area (Å²) in [5, 5.41) is 1.04. The number of fused-ring (bicyclic) bond motifs is 1. The van der Waals surface area contributed by atoms with Crippen molar-refractivity contribution in [3.05, 3.63) is 64.7 Å². The molecule has 2 aromatic carbocycles. The van der Waals surface area contributed by atoms with Crippen molar-refractivity contribution in [2.75, 3.05) is 18.1 Å². The van der Waals surface area contributed by atoms with Crippen LogP contribution in [-0.2, 0) is 21.2 Å². The minimum atomic E-state index is -3.08. The molecule has 158 valence electrons. The Hall–Kier alpha value is -2.03. The van der Waals surface area contributed by atoms with Gasteiger partial charge in [-0.05, 0) is 36.8 Å². The zero-order valence-electron chi connectivity index (χ0n) is 16.3. The first-order valence-electron chi connectivity index (χ1n) is 9.48. The fourth-order valence-corrected chi connectivity index (χ4v) is 7.62. The fraction of sp³-hybridized carbons (Fsp3) is 0.333. The van der Waals surface area contributed by atoms with E-state index in [4.69, 9.17) is 16.3 Å². The van der Waals surface area contributed by atoms with E-state index in [0.717, 1.165) is 11.1 Å². The second-order valence-electron chi connectivity index (χ2n) is 7.44. The number of benzene rings is 2. The molecular weight excluding hydrogens is 444 g/mol. The van der Waals surface area contributed by atoms with Crippen LogP contribution in [0, 0.1) is 6.92 Å². The molecule has 0 spiro atoms. The predicted molar refractivity (Wildman–Crippen MR) is 120 cm³/mol. The van der Waals surface area contributed by atoms with Crippen molar-refractivity contribution in [1.82, 2.24) is 4.90 Å². The van der Waals surface area contributed by atoms with Crippen molar-refractivity contribution in [2.45, 2.75) is 24.8 Å². The van der Waals surface area contributed by atoms with E-state index in [1.807, 2.05) is 36.1 Å². The van der Waals surface area contributed by atoms with Gasteiger partial charge < -0.3 is 9.64 Å². The second kappa shape index (κ2) is 8.61. The van der Waals surface area contributed by atoms with Crippen LogP contribution in [-0.4, -0.2) is 53.8 Å². The highest BCUT2D eigenvalue weighted by atomic mass is 35.5. The summed E-state index contributed by atoms with van der Waals surface area (Å²) in [5.74, 6) is 0.322. The van der Waals surface area contributed by atoms with Crippen LogP contribution in [0.2, 0.25) is 5.02 Å². The predicted octanol–water partition coefficient (Wildman–Crippen LogP) is 3.32. The van der Waals surface area contributed by atoms with Crippen molar-refractivity contribution >= 4 is 44.3 Å². The number of hydrogen-bond donors (Lipinski definition) is 0. The number of halogens is 1. The van der Waals surface area contributed by atoms with E-state index in [1.165, 1.54) is 11.8 Å². The molecule has 30 heavy (non-hydrogen) atoms. The lowest BCUT2D eigenvalue weighted by Gasteiger charge is -2.24. The SMILES string of the molecule is Cc1ccc(CN2C(=NC(=O)COc3ccc(Cl)cc3)S[C@H]3CS(=O)(=O)C[C@@H]32)cc1. The maximum atomic E-state index is 12.4. The number of rotatable bonds is 5. The van der Waals surface area contributed by atoms with Gasteiger partial charge >= 0.3 is 0 Å². The molecule has 0 unspecified atom stereocenters. The Morgan fingerprint density at radius 1 is 1.17 bits per heavy atom. The number of thioether (sulfide) groups is 1. The molecule has 2 fully saturated rings. The standard InChI is InChI=1S/C21H21ClN2O4S2/c1-14-2-4-15(5-3-14)10-24-18-12-30(26,27)13-19(18)29-21(24)23-20(25)11-28-17-8-6-16(22)7-9-17/h2-9,18-19H,10-13H2,1H3/t18-,19-/m0/s1. The van der Waals surface area contributed by atoms with Crippen LogP contribution < -0.4 is 4.74 Å². The Bertz CT molecular complexity index is 1070. The molecule has 2 aromatic rings. The van der Waals surface area contributed by atoms with Crippen molar-refractivity contribution in [3.63, 3.8) is 0 Å². The van der Waals surface area contributed by atoms with Gasteiger partial charge in [0.15, 0.2) is 21.6 Å². The third-order valence-electron chi connectivity index (χ3n) is 5.04. The van der Waals surface area contributed by atoms with Gasteiger partial charge in [0, 0.05) is 16.8 Å². The normalized spacial score (nSPS) is 23.5. The summed E-state index contributed by atoms with van der Waals surface area (Å²) in [6.07, 6.45) is 0. The number of nitrogens with zero attached hydrogens (tertiary/aromatic N) is 2. The summed E-state index contributed by atoms with van der Waals surface area (Å²) < 4.78 is 29.7. The van der Waals surface area contributed by atoms with E-state index in [1.54, 1.807) is 24.3 Å². The van der Waals surface area contributed by atoms with Gasteiger partial charge in [-0.1, -0.05) is 53.2 Å². The summed E-state index contributed by atoms with van der Waals surface area (Å²) in [6, 6.07) is 14.6. The monoisotopic (exact) mass is 464 g/mol. The highest BCUT2D eigenvalue weighted by Gasteiger charge is 2.48. The van der Waals surface area contributed by atoms with Crippen LogP contribution in [0.25, 0.3) is 0 Å². The number of sulfone groups is 1. The maximum absolute atomic E-state index is 12.4. The molecule has 0 bridgehead atoms. The van der Waals surface area contributed by atoms with E-state index < -0.39 is 15.7 Å². The topological polar surface area (TPSA) is 76.0 Å². The lowest BCUT2D eigenvalue weighted by molar-refractivity contribution is -0.119. The zero-order chi connectivity index (χ0) is 21.3. The molecule has 0 aliphatic carbocycles. The average Bonchev–Trinajstić information content (AvgIpc) is 3.15. The highest BCUT2D eigenvalue weighted by molar-refractivity contribution is 8.15. The number of amidine groups is 1. The smallest absolute Gasteiger partial charge is 0.285 e. The van der Waals surface area contributed by atoms with Crippen LogP contribution in [0.4, 0.5) is 0 Å². The quantitative estimate of drug-likeness (QED) is 0.675. The summed E-state index contributed by atoms with van der Waals surface area (Å²) in [6.45, 7) is 2.33. The van der Waals surface area contributed by atoms with Crippen molar-refractivity contribution in [1.29, 1.82) is 0 Å². The van der Waals surface area contributed by atoms with E-state index in [0.29, 0.717) is 22.5 Å². The van der Waals surface area contributed by atoms with E-state index in [2.05, 4.69) is 4.99 Å². The first-order chi connectivity index (χ1) is 14.3. The van der Waals surface area contributed by atoms with Crippen LogP contribution in [0.15, 0.2) is 53.5 Å². The van der Waals surface area contributed by atoms with E-state index in [9.17, 15) is 13.2 Å². The molecule has 2 aliphatic heterocycles. The summed E-state index contributed by atoms with van der Waals surface area (Å²) in [4.78, 5) is 18.6. The van der Waals surface area contributed by atoms with Gasteiger partial charge in [0.25, 0.3) is 5.91 Å². The number of hydrogen-bond acceptors (Lipinski definition) is 5. The highest BCUT2D eigenvalue weighted by Crippen LogP contribution is 2.39. The molecule has 0 saturated carbocycles. The molecule has 6 nitrogen and oxygen atoms in total.